The molecule has 0 saturated heterocycles. The van der Waals surface area contributed by atoms with Crippen molar-refractivity contribution < 1.29 is 0 Å². The number of halogens is 1. The van der Waals surface area contributed by atoms with Gasteiger partial charge in [0.15, 0.2) is 0 Å². The van der Waals surface area contributed by atoms with Crippen LogP contribution in [0.3, 0.4) is 0 Å². The molecule has 2 N–H and O–H groups in total. The first-order chi connectivity index (χ1) is 4.31. The summed E-state index contributed by atoms with van der Waals surface area (Å²) in [5.41, 5.74) is 5.35. The summed E-state index contributed by atoms with van der Waals surface area (Å²) in [6.07, 6.45) is 3.54. The molecule has 0 aromatic heterocycles. The van der Waals surface area contributed by atoms with Crippen molar-refractivity contribution in [1.29, 1.82) is 0 Å². The van der Waals surface area contributed by atoms with E-state index in [1.165, 1.54) is 17.3 Å². The highest BCUT2D eigenvalue weighted by atomic mass is 127. The monoisotopic (exact) mass is 259 g/mol. The first-order valence-electron chi connectivity index (χ1n) is 3.25. The fourth-order valence-electron chi connectivity index (χ4n) is 0.650. The fourth-order valence-corrected chi connectivity index (χ4v) is 1.42. The summed E-state index contributed by atoms with van der Waals surface area (Å²) >= 11 is 6.74. The van der Waals surface area contributed by atoms with E-state index >= 15 is 0 Å². The van der Waals surface area contributed by atoms with Gasteiger partial charge in [0.25, 0.3) is 0 Å². The minimum atomic E-state index is 0.532. The van der Waals surface area contributed by atoms with Crippen molar-refractivity contribution in [3.8, 4) is 0 Å². The van der Waals surface area contributed by atoms with Gasteiger partial charge in [0.05, 0.1) is 0 Å². The van der Waals surface area contributed by atoms with Crippen LogP contribution in [0, 0.1) is 0 Å². The molecule has 3 heteroatoms. The average Bonchev–Trinajstić information content (AvgIpc) is 1.85. The molecule has 0 fully saturated rings. The second-order valence-corrected chi connectivity index (χ2v) is 3.87. The van der Waals surface area contributed by atoms with E-state index in [4.69, 9.17) is 5.73 Å². The van der Waals surface area contributed by atoms with E-state index in [1.54, 1.807) is 0 Å². The lowest BCUT2D eigenvalue weighted by Crippen LogP contribution is -2.08. The van der Waals surface area contributed by atoms with Gasteiger partial charge in [0, 0.05) is 5.25 Å². The van der Waals surface area contributed by atoms with E-state index in [9.17, 15) is 0 Å². The molecular formula is C6H14INS. The molecule has 1 nitrogen and oxygen atoms in total. The largest absolute Gasteiger partial charge is 0.330 e. The summed E-state index contributed by atoms with van der Waals surface area (Å²) < 4.78 is 1.24. The van der Waals surface area contributed by atoms with E-state index in [0.29, 0.717) is 5.25 Å². The highest BCUT2D eigenvalue weighted by Gasteiger charge is 1.98. The predicted molar refractivity (Wildman–Crippen MR) is 54.6 cm³/mol. The highest BCUT2D eigenvalue weighted by Crippen LogP contribution is 2.08. The maximum Gasteiger partial charge on any atom is 0.00290 e. The first kappa shape index (κ1) is 10.0. The second kappa shape index (κ2) is 7.15. The third-order valence-electron chi connectivity index (χ3n) is 1.17. The smallest absolute Gasteiger partial charge is 0.00290 e. The molecule has 1 unspecified atom stereocenters. The lowest BCUT2D eigenvalue weighted by Gasteiger charge is -2.05. The van der Waals surface area contributed by atoms with Gasteiger partial charge in [-0.25, -0.2) is 0 Å². The third kappa shape index (κ3) is 6.93. The van der Waals surface area contributed by atoms with E-state index in [2.05, 4.69) is 35.2 Å². The van der Waals surface area contributed by atoms with E-state index in [1.807, 2.05) is 0 Å². The molecule has 0 rings (SSSR count). The zero-order valence-electron chi connectivity index (χ0n) is 5.52. The Balaban J connectivity index is 2.95. The van der Waals surface area contributed by atoms with E-state index in [-0.39, 0.29) is 0 Å². The Morgan fingerprint density at radius 1 is 1.44 bits per heavy atom. The Kier molecular flexibility index (Phi) is 7.98. The summed E-state index contributed by atoms with van der Waals surface area (Å²) in [6, 6.07) is 0. The predicted octanol–water partition coefficient (Wildman–Crippen LogP) is 1.85. The van der Waals surface area contributed by atoms with Crippen LogP contribution in [-0.4, -0.2) is 16.2 Å². The van der Waals surface area contributed by atoms with Crippen molar-refractivity contribution in [2.75, 3.05) is 11.0 Å². The van der Waals surface area contributed by atoms with Crippen LogP contribution in [0.4, 0.5) is 0 Å². The lowest BCUT2D eigenvalue weighted by atomic mass is 10.2. The summed E-state index contributed by atoms with van der Waals surface area (Å²) in [6.45, 7) is 0.773. The minimum absolute atomic E-state index is 0.532. The third-order valence-corrected chi connectivity index (χ3v) is 2.45. The van der Waals surface area contributed by atoms with Crippen LogP contribution in [0.1, 0.15) is 19.3 Å². The van der Waals surface area contributed by atoms with Crippen molar-refractivity contribution in [1.82, 2.24) is 0 Å². The van der Waals surface area contributed by atoms with Gasteiger partial charge in [0.1, 0.15) is 0 Å². The van der Waals surface area contributed by atoms with Crippen molar-refractivity contribution in [3.63, 3.8) is 0 Å². The van der Waals surface area contributed by atoms with Gasteiger partial charge < -0.3 is 5.73 Å². The normalized spacial score (nSPS) is 13.7. The number of thiol groups is 1. The summed E-state index contributed by atoms with van der Waals surface area (Å²) in [7, 11) is 0. The Bertz CT molecular complexity index is 61.0. The maximum atomic E-state index is 5.35. The summed E-state index contributed by atoms with van der Waals surface area (Å²) in [4.78, 5) is 0. The summed E-state index contributed by atoms with van der Waals surface area (Å²) in [5.74, 6) is 0. The van der Waals surface area contributed by atoms with Gasteiger partial charge in [-0.2, -0.15) is 12.6 Å². The minimum Gasteiger partial charge on any atom is -0.330 e. The molecule has 0 spiro atoms. The zero-order chi connectivity index (χ0) is 7.11. The Morgan fingerprint density at radius 2 is 2.11 bits per heavy atom. The molecule has 0 aromatic rings. The van der Waals surface area contributed by atoms with Crippen molar-refractivity contribution in [2.24, 2.45) is 5.73 Å². The van der Waals surface area contributed by atoms with Crippen molar-refractivity contribution >= 4 is 35.2 Å². The molecule has 56 valence electrons. The van der Waals surface area contributed by atoms with Crippen LogP contribution in [0.5, 0.6) is 0 Å². The Hall–Kier alpha value is 1.04. The molecular weight excluding hydrogens is 245 g/mol. The quantitative estimate of drug-likeness (QED) is 0.440. The van der Waals surface area contributed by atoms with Crippen molar-refractivity contribution in [2.45, 2.75) is 24.5 Å². The number of rotatable bonds is 5. The molecule has 0 amide bonds. The number of hydrogen-bond donors (Lipinski definition) is 2. The molecule has 0 aliphatic carbocycles. The summed E-state index contributed by atoms with van der Waals surface area (Å²) in [5, 5.41) is 0.532. The molecule has 0 bridgehead atoms. The standard InChI is InChI=1S/C6H14INS/c7-4-1-2-6(9)3-5-8/h6,9H,1-5,8H2. The van der Waals surface area contributed by atoms with Crippen molar-refractivity contribution in [3.05, 3.63) is 0 Å². The van der Waals surface area contributed by atoms with E-state index < -0.39 is 0 Å². The van der Waals surface area contributed by atoms with Crippen LogP contribution in [0.15, 0.2) is 0 Å². The Morgan fingerprint density at radius 3 is 2.56 bits per heavy atom. The molecule has 0 aromatic carbocycles. The van der Waals surface area contributed by atoms with Gasteiger partial charge >= 0.3 is 0 Å². The molecule has 0 saturated carbocycles. The molecule has 0 aliphatic rings. The van der Waals surface area contributed by atoms with Gasteiger partial charge in [0.2, 0.25) is 0 Å². The molecule has 0 aliphatic heterocycles. The van der Waals surface area contributed by atoms with Gasteiger partial charge in [-0.15, -0.1) is 0 Å². The van der Waals surface area contributed by atoms with Crippen LogP contribution < -0.4 is 5.73 Å². The maximum absolute atomic E-state index is 5.35. The van der Waals surface area contributed by atoms with Crippen LogP contribution in [0.25, 0.3) is 0 Å². The second-order valence-electron chi connectivity index (χ2n) is 2.06. The lowest BCUT2D eigenvalue weighted by molar-refractivity contribution is 0.702. The molecule has 9 heavy (non-hydrogen) atoms. The number of alkyl halides is 1. The zero-order valence-corrected chi connectivity index (χ0v) is 8.57. The molecule has 1 atom stereocenters. The number of hydrogen-bond acceptors (Lipinski definition) is 2. The van der Waals surface area contributed by atoms with Crippen LogP contribution >= 0.6 is 35.2 Å². The SMILES string of the molecule is NCCC(S)CCCI. The van der Waals surface area contributed by atoms with Crippen LogP contribution in [0.2, 0.25) is 0 Å². The molecule has 0 heterocycles. The Labute approximate surface area is 76.3 Å². The van der Waals surface area contributed by atoms with E-state index in [0.717, 1.165) is 13.0 Å². The number of nitrogens with two attached hydrogens (primary N) is 1. The van der Waals surface area contributed by atoms with Gasteiger partial charge in [-0.05, 0) is 30.2 Å². The molecule has 0 radical (unpaired) electrons. The van der Waals surface area contributed by atoms with Gasteiger partial charge in [-0.3, -0.25) is 0 Å². The van der Waals surface area contributed by atoms with Crippen LogP contribution in [-0.2, 0) is 0 Å². The topological polar surface area (TPSA) is 26.0 Å². The first-order valence-corrected chi connectivity index (χ1v) is 5.29. The fraction of sp³-hybridized carbons (Fsp3) is 1.00. The average molecular weight is 259 g/mol. The van der Waals surface area contributed by atoms with Gasteiger partial charge in [-0.1, -0.05) is 22.6 Å². The highest BCUT2D eigenvalue weighted by molar-refractivity contribution is 14.1.